The molecule has 2 aromatic rings. The Labute approximate surface area is 123 Å². The highest BCUT2D eigenvalue weighted by atomic mass is 16.3. The zero-order valence-electron chi connectivity index (χ0n) is 12.1. The van der Waals surface area contributed by atoms with Crippen molar-refractivity contribution in [2.75, 3.05) is 0 Å². The molecular weight excluding hydrogens is 268 g/mol. The molecule has 0 unspecified atom stereocenters. The second kappa shape index (κ2) is 5.85. The number of aryl methyl sites for hydroxylation is 1. The van der Waals surface area contributed by atoms with Gasteiger partial charge >= 0.3 is 0 Å². The number of aliphatic hydroxyl groups is 1. The Balaban J connectivity index is 1.63. The molecule has 1 aromatic heterocycles. The van der Waals surface area contributed by atoms with Crippen LogP contribution in [0.5, 0.6) is 0 Å². The lowest BCUT2D eigenvalue weighted by molar-refractivity contribution is -0.127. The van der Waals surface area contributed by atoms with Crippen LogP contribution < -0.4 is 5.32 Å². The summed E-state index contributed by atoms with van der Waals surface area (Å²) in [7, 11) is 0. The zero-order chi connectivity index (χ0) is 14.8. The first-order valence-electron chi connectivity index (χ1n) is 7.44. The molecule has 2 N–H and O–H groups in total. The number of hydrogen-bond acceptors (Lipinski definition) is 4. The molecule has 0 spiro atoms. The second-order valence-electron chi connectivity index (χ2n) is 5.76. The van der Waals surface area contributed by atoms with Crippen molar-refractivity contribution in [3.8, 4) is 0 Å². The molecule has 5 nitrogen and oxygen atoms in total. The summed E-state index contributed by atoms with van der Waals surface area (Å²) in [4.78, 5) is 16.5. The summed E-state index contributed by atoms with van der Waals surface area (Å²) in [6.45, 7) is 2.27. The van der Waals surface area contributed by atoms with E-state index in [1.165, 1.54) is 0 Å². The molecule has 1 heterocycles. The molecule has 5 heteroatoms. The summed E-state index contributed by atoms with van der Waals surface area (Å²) < 4.78 is 5.63. The Hall–Kier alpha value is -1.88. The Morgan fingerprint density at radius 3 is 3.10 bits per heavy atom. The maximum atomic E-state index is 12.1. The van der Waals surface area contributed by atoms with Gasteiger partial charge in [0.2, 0.25) is 11.8 Å². The smallest absolute Gasteiger partial charge is 0.223 e. The summed E-state index contributed by atoms with van der Waals surface area (Å²) in [6.07, 6.45) is 2.75. The Bertz CT molecular complexity index is 650. The lowest BCUT2D eigenvalue weighted by Gasteiger charge is -2.24. The van der Waals surface area contributed by atoms with Crippen molar-refractivity contribution >= 4 is 17.0 Å². The summed E-state index contributed by atoms with van der Waals surface area (Å²) in [6, 6.07) is 5.78. The fourth-order valence-electron chi connectivity index (χ4n) is 2.92. The lowest BCUT2D eigenvalue weighted by Crippen LogP contribution is -2.34. The number of amides is 1. The third kappa shape index (κ3) is 3.08. The molecule has 0 saturated heterocycles. The van der Waals surface area contributed by atoms with E-state index in [2.05, 4.69) is 10.3 Å². The van der Waals surface area contributed by atoms with Gasteiger partial charge in [0.15, 0.2) is 5.58 Å². The number of benzene rings is 1. The number of carbonyl (C=O) groups is 1. The summed E-state index contributed by atoms with van der Waals surface area (Å²) >= 11 is 0. The van der Waals surface area contributed by atoms with E-state index < -0.39 is 0 Å². The number of hydrogen-bond donors (Lipinski definition) is 2. The summed E-state index contributed by atoms with van der Waals surface area (Å²) in [5, 5.41) is 12.5. The minimum atomic E-state index is -0.346. The first-order valence-corrected chi connectivity index (χ1v) is 7.44. The van der Waals surface area contributed by atoms with E-state index in [0.717, 1.165) is 35.9 Å². The van der Waals surface area contributed by atoms with E-state index in [0.29, 0.717) is 18.9 Å². The van der Waals surface area contributed by atoms with Crippen molar-refractivity contribution in [1.82, 2.24) is 10.3 Å². The van der Waals surface area contributed by atoms with Crippen molar-refractivity contribution in [3.05, 3.63) is 29.7 Å². The summed E-state index contributed by atoms with van der Waals surface area (Å²) in [5.41, 5.74) is 2.64. The highest BCUT2D eigenvalue weighted by molar-refractivity contribution is 5.79. The molecule has 1 amide bonds. The molecule has 1 saturated carbocycles. The highest BCUT2D eigenvalue weighted by Gasteiger charge is 2.26. The average molecular weight is 288 g/mol. The largest absolute Gasteiger partial charge is 0.439 e. The Morgan fingerprint density at radius 2 is 2.33 bits per heavy atom. The SMILES string of the molecule is Cc1cccc2oc(CNC(=O)[C@@H]3CCC[C@@H](O)C3)nc12. The van der Waals surface area contributed by atoms with Gasteiger partial charge in [0, 0.05) is 5.92 Å². The lowest BCUT2D eigenvalue weighted by atomic mass is 9.87. The first-order chi connectivity index (χ1) is 10.1. The average Bonchev–Trinajstić information content (AvgIpc) is 2.89. The number of oxazole rings is 1. The van der Waals surface area contributed by atoms with Crippen LogP contribution in [0.4, 0.5) is 0 Å². The van der Waals surface area contributed by atoms with Gasteiger partial charge < -0.3 is 14.8 Å². The minimum absolute atomic E-state index is 0.0206. The van der Waals surface area contributed by atoms with Crippen LogP contribution >= 0.6 is 0 Å². The monoisotopic (exact) mass is 288 g/mol. The Kier molecular flexibility index (Phi) is 3.92. The van der Waals surface area contributed by atoms with Crippen LogP contribution in [0.15, 0.2) is 22.6 Å². The molecule has 1 aliphatic carbocycles. The van der Waals surface area contributed by atoms with Gasteiger partial charge in [-0.05, 0) is 37.8 Å². The highest BCUT2D eigenvalue weighted by Crippen LogP contribution is 2.24. The molecule has 2 atom stereocenters. The number of rotatable bonds is 3. The quantitative estimate of drug-likeness (QED) is 0.908. The van der Waals surface area contributed by atoms with Crippen molar-refractivity contribution in [3.63, 3.8) is 0 Å². The van der Waals surface area contributed by atoms with Gasteiger partial charge in [-0.1, -0.05) is 18.6 Å². The number of fused-ring (bicyclic) bond motifs is 1. The van der Waals surface area contributed by atoms with E-state index in [1.54, 1.807) is 0 Å². The van der Waals surface area contributed by atoms with Gasteiger partial charge in [-0.15, -0.1) is 0 Å². The molecule has 0 aliphatic heterocycles. The van der Waals surface area contributed by atoms with Crippen LogP contribution in [0.2, 0.25) is 0 Å². The van der Waals surface area contributed by atoms with Crippen molar-refractivity contribution in [2.24, 2.45) is 5.92 Å². The minimum Gasteiger partial charge on any atom is -0.439 e. The molecule has 21 heavy (non-hydrogen) atoms. The molecule has 112 valence electrons. The molecule has 1 aliphatic rings. The van der Waals surface area contributed by atoms with Gasteiger partial charge in [0.05, 0.1) is 12.6 Å². The van der Waals surface area contributed by atoms with E-state index in [9.17, 15) is 9.90 Å². The third-order valence-electron chi connectivity index (χ3n) is 4.10. The van der Waals surface area contributed by atoms with E-state index >= 15 is 0 Å². The second-order valence-corrected chi connectivity index (χ2v) is 5.76. The van der Waals surface area contributed by atoms with Crippen molar-refractivity contribution < 1.29 is 14.3 Å². The van der Waals surface area contributed by atoms with Gasteiger partial charge in [-0.3, -0.25) is 4.79 Å². The predicted octanol–water partition coefficient (Wildman–Crippen LogP) is 2.30. The number of carbonyl (C=O) groups excluding carboxylic acids is 1. The molecule has 1 aromatic carbocycles. The maximum Gasteiger partial charge on any atom is 0.223 e. The van der Waals surface area contributed by atoms with Crippen LogP contribution in [0.3, 0.4) is 0 Å². The summed E-state index contributed by atoms with van der Waals surface area (Å²) in [5.74, 6) is 0.400. The zero-order valence-corrected chi connectivity index (χ0v) is 12.1. The molecule has 3 rings (SSSR count). The molecule has 0 bridgehead atoms. The van der Waals surface area contributed by atoms with Crippen LogP contribution in [-0.2, 0) is 11.3 Å². The number of para-hydroxylation sites is 1. The van der Waals surface area contributed by atoms with E-state index in [4.69, 9.17) is 4.42 Å². The maximum absolute atomic E-state index is 12.1. The molecular formula is C16H20N2O3. The number of aliphatic hydroxyl groups excluding tert-OH is 1. The Morgan fingerprint density at radius 1 is 1.48 bits per heavy atom. The van der Waals surface area contributed by atoms with E-state index in [1.807, 2.05) is 25.1 Å². The third-order valence-corrected chi connectivity index (χ3v) is 4.10. The van der Waals surface area contributed by atoms with Gasteiger partial charge in [-0.2, -0.15) is 0 Å². The number of nitrogens with zero attached hydrogens (tertiary/aromatic N) is 1. The van der Waals surface area contributed by atoms with Gasteiger partial charge in [-0.25, -0.2) is 4.98 Å². The van der Waals surface area contributed by atoms with E-state index in [-0.39, 0.29) is 17.9 Å². The van der Waals surface area contributed by atoms with Crippen LogP contribution in [0.25, 0.3) is 11.1 Å². The topological polar surface area (TPSA) is 75.4 Å². The number of aromatic nitrogens is 1. The van der Waals surface area contributed by atoms with Crippen LogP contribution in [0.1, 0.15) is 37.1 Å². The molecule has 1 fully saturated rings. The van der Waals surface area contributed by atoms with Crippen LogP contribution in [0, 0.1) is 12.8 Å². The fraction of sp³-hybridized carbons (Fsp3) is 0.500. The van der Waals surface area contributed by atoms with Crippen molar-refractivity contribution in [2.45, 2.75) is 45.3 Å². The van der Waals surface area contributed by atoms with Gasteiger partial charge in [0.1, 0.15) is 5.52 Å². The van der Waals surface area contributed by atoms with Crippen LogP contribution in [-0.4, -0.2) is 22.1 Å². The molecule has 0 radical (unpaired) electrons. The first kappa shape index (κ1) is 14.1. The van der Waals surface area contributed by atoms with Gasteiger partial charge in [0.25, 0.3) is 0 Å². The standard InChI is InChI=1S/C16H20N2O3/c1-10-4-2-7-13-15(10)18-14(21-13)9-17-16(20)11-5-3-6-12(19)8-11/h2,4,7,11-12,19H,3,5-6,8-9H2,1H3,(H,17,20)/t11-,12-/m1/s1. The van der Waals surface area contributed by atoms with Crippen molar-refractivity contribution in [1.29, 1.82) is 0 Å². The normalized spacial score (nSPS) is 22.4. The predicted molar refractivity (Wildman–Crippen MR) is 78.6 cm³/mol. The fourth-order valence-corrected chi connectivity index (χ4v) is 2.92. The number of nitrogens with one attached hydrogen (secondary N) is 1.